The fraction of sp³-hybridized carbons (Fsp3) is 0.400. The number of halogens is 1. The van der Waals surface area contributed by atoms with Crippen molar-refractivity contribution in [3.05, 3.63) is 39.6 Å². The third kappa shape index (κ3) is 2.82. The number of benzene rings is 1. The summed E-state index contributed by atoms with van der Waals surface area (Å²) in [6.45, 7) is 4.83. The predicted octanol–water partition coefficient (Wildman–Crippen LogP) is 3.41. The van der Waals surface area contributed by atoms with E-state index in [0.29, 0.717) is 6.54 Å². The van der Waals surface area contributed by atoms with Crippen LogP contribution in [-0.2, 0) is 19.4 Å². The molecule has 5 heteroatoms. The Morgan fingerprint density at radius 2 is 2.05 bits per heavy atom. The summed E-state index contributed by atoms with van der Waals surface area (Å²) in [5, 5.41) is 4.62. The van der Waals surface area contributed by atoms with E-state index in [1.807, 2.05) is 16.8 Å². The second-order valence-electron chi connectivity index (χ2n) is 4.63. The molecule has 1 heterocycles. The molecule has 2 aromatic rings. The Hall–Kier alpha value is -1.49. The largest absolute Gasteiger partial charge is 0.496 e. The molecule has 0 fully saturated rings. The number of methoxy groups -OCH3 is 1. The molecule has 0 saturated carbocycles. The lowest BCUT2D eigenvalue weighted by molar-refractivity contribution is 0.407. The lowest BCUT2D eigenvalue weighted by atomic mass is 10.2. The van der Waals surface area contributed by atoms with Crippen LogP contribution in [-0.4, -0.2) is 16.9 Å². The highest BCUT2D eigenvalue weighted by Crippen LogP contribution is 2.26. The Morgan fingerprint density at radius 3 is 2.65 bits per heavy atom. The van der Waals surface area contributed by atoms with Gasteiger partial charge in [-0.3, -0.25) is 4.68 Å². The zero-order valence-electron chi connectivity index (χ0n) is 12.1. The maximum atomic E-state index is 6.16. The number of anilines is 1. The summed E-state index contributed by atoms with van der Waals surface area (Å²) in [5.74, 6) is 0.863. The molecule has 0 radical (unpaired) electrons. The number of nitrogen functional groups attached to an aromatic ring is 1. The molecule has 20 heavy (non-hydrogen) atoms. The molecule has 2 N–H and O–H groups in total. The smallest absolute Gasteiger partial charge is 0.124 e. The zero-order valence-corrected chi connectivity index (χ0v) is 13.7. The van der Waals surface area contributed by atoms with Crippen LogP contribution in [0.3, 0.4) is 0 Å². The van der Waals surface area contributed by atoms with Gasteiger partial charge in [0, 0.05) is 10.0 Å². The zero-order chi connectivity index (χ0) is 14.7. The Bertz CT molecular complexity index is 607. The van der Waals surface area contributed by atoms with E-state index in [1.54, 1.807) is 7.11 Å². The molecule has 0 aliphatic rings. The van der Waals surface area contributed by atoms with E-state index < -0.39 is 0 Å². The fourth-order valence-electron chi connectivity index (χ4n) is 2.36. The summed E-state index contributed by atoms with van der Waals surface area (Å²) in [6.07, 6.45) is 1.72. The van der Waals surface area contributed by atoms with Gasteiger partial charge in [0.05, 0.1) is 30.7 Å². The number of aryl methyl sites for hydroxylation is 1. The van der Waals surface area contributed by atoms with E-state index in [9.17, 15) is 0 Å². The molecule has 0 unspecified atom stereocenters. The first kappa shape index (κ1) is 14.9. The number of rotatable bonds is 5. The summed E-state index contributed by atoms with van der Waals surface area (Å²) in [5.41, 5.74) is 10.1. The van der Waals surface area contributed by atoms with Crippen molar-refractivity contribution in [3.63, 3.8) is 0 Å². The third-order valence-electron chi connectivity index (χ3n) is 3.41. The summed E-state index contributed by atoms with van der Waals surface area (Å²) in [7, 11) is 1.68. The van der Waals surface area contributed by atoms with Gasteiger partial charge in [-0.1, -0.05) is 29.8 Å². The van der Waals surface area contributed by atoms with Gasteiger partial charge < -0.3 is 10.5 Å². The van der Waals surface area contributed by atoms with Gasteiger partial charge >= 0.3 is 0 Å². The van der Waals surface area contributed by atoms with Gasteiger partial charge in [0.15, 0.2) is 0 Å². The molecule has 0 aliphatic carbocycles. The normalized spacial score (nSPS) is 10.8. The van der Waals surface area contributed by atoms with Crippen LogP contribution in [0.2, 0.25) is 0 Å². The number of hydrogen-bond donors (Lipinski definition) is 1. The monoisotopic (exact) mass is 337 g/mol. The molecule has 0 bridgehead atoms. The number of hydrogen-bond acceptors (Lipinski definition) is 3. The standard InChI is InChI=1S/C15H20BrN3O/c1-4-12-15(17)13(5-2)19(18-12)9-10-8-11(16)6-7-14(10)20-3/h6-8H,4-5,9,17H2,1-3H3. The van der Waals surface area contributed by atoms with E-state index >= 15 is 0 Å². The Morgan fingerprint density at radius 1 is 1.30 bits per heavy atom. The second kappa shape index (κ2) is 6.31. The molecule has 0 aliphatic heterocycles. The van der Waals surface area contributed by atoms with Crippen molar-refractivity contribution in [3.8, 4) is 5.75 Å². The van der Waals surface area contributed by atoms with Gasteiger partial charge in [0.1, 0.15) is 5.75 Å². The van der Waals surface area contributed by atoms with Crippen LogP contribution in [0.25, 0.3) is 0 Å². The average Bonchev–Trinajstić information content (AvgIpc) is 2.74. The highest BCUT2D eigenvalue weighted by molar-refractivity contribution is 9.10. The summed E-state index contributed by atoms with van der Waals surface area (Å²) >= 11 is 3.50. The molecule has 2 rings (SSSR count). The SMILES string of the molecule is CCc1nn(Cc2cc(Br)ccc2OC)c(CC)c1N. The third-order valence-corrected chi connectivity index (χ3v) is 3.90. The highest BCUT2D eigenvalue weighted by atomic mass is 79.9. The minimum Gasteiger partial charge on any atom is -0.496 e. The molecule has 0 amide bonds. The van der Waals surface area contributed by atoms with E-state index in [0.717, 1.165) is 45.7 Å². The van der Waals surface area contributed by atoms with Crippen molar-refractivity contribution >= 4 is 21.6 Å². The molecule has 1 aromatic carbocycles. The van der Waals surface area contributed by atoms with Gasteiger partial charge in [-0.05, 0) is 31.0 Å². The van der Waals surface area contributed by atoms with Crippen LogP contribution >= 0.6 is 15.9 Å². The molecule has 0 atom stereocenters. The molecule has 108 valence electrons. The van der Waals surface area contributed by atoms with E-state index in [-0.39, 0.29) is 0 Å². The van der Waals surface area contributed by atoms with Crippen LogP contribution in [0.1, 0.15) is 30.8 Å². The highest BCUT2D eigenvalue weighted by Gasteiger charge is 2.14. The summed E-state index contributed by atoms with van der Waals surface area (Å²) in [6, 6.07) is 5.98. The maximum Gasteiger partial charge on any atom is 0.124 e. The molecule has 1 aromatic heterocycles. The van der Waals surface area contributed by atoms with Crippen molar-refractivity contribution in [2.75, 3.05) is 12.8 Å². The quantitative estimate of drug-likeness (QED) is 0.909. The van der Waals surface area contributed by atoms with Crippen LogP contribution in [0, 0.1) is 0 Å². The minimum atomic E-state index is 0.663. The minimum absolute atomic E-state index is 0.663. The molecular formula is C15H20BrN3O. The Balaban J connectivity index is 2.41. The van der Waals surface area contributed by atoms with Crippen molar-refractivity contribution in [2.45, 2.75) is 33.2 Å². The van der Waals surface area contributed by atoms with Gasteiger partial charge in [0.2, 0.25) is 0 Å². The first-order chi connectivity index (χ1) is 9.60. The molecule has 4 nitrogen and oxygen atoms in total. The first-order valence-corrected chi connectivity index (χ1v) is 7.56. The van der Waals surface area contributed by atoms with E-state index in [2.05, 4.69) is 40.9 Å². The predicted molar refractivity (Wildman–Crippen MR) is 85.2 cm³/mol. The first-order valence-electron chi connectivity index (χ1n) is 6.77. The number of aromatic nitrogens is 2. The topological polar surface area (TPSA) is 53.1 Å². The van der Waals surface area contributed by atoms with Crippen LogP contribution in [0.15, 0.2) is 22.7 Å². The number of ether oxygens (including phenoxy) is 1. The summed E-state index contributed by atoms with van der Waals surface area (Å²) < 4.78 is 8.43. The van der Waals surface area contributed by atoms with Crippen molar-refractivity contribution in [1.82, 2.24) is 9.78 Å². The number of nitrogens with zero attached hydrogens (tertiary/aromatic N) is 2. The lowest BCUT2D eigenvalue weighted by Gasteiger charge is -2.11. The Kier molecular flexibility index (Phi) is 4.70. The Labute approximate surface area is 128 Å². The van der Waals surface area contributed by atoms with Gasteiger partial charge in [0.25, 0.3) is 0 Å². The van der Waals surface area contributed by atoms with E-state index in [1.165, 1.54) is 0 Å². The van der Waals surface area contributed by atoms with Gasteiger partial charge in [-0.25, -0.2) is 0 Å². The van der Waals surface area contributed by atoms with Crippen molar-refractivity contribution in [1.29, 1.82) is 0 Å². The van der Waals surface area contributed by atoms with Gasteiger partial charge in [-0.2, -0.15) is 5.10 Å². The lowest BCUT2D eigenvalue weighted by Crippen LogP contribution is -2.08. The molecular weight excluding hydrogens is 318 g/mol. The van der Waals surface area contributed by atoms with Gasteiger partial charge in [-0.15, -0.1) is 0 Å². The average molecular weight is 338 g/mol. The van der Waals surface area contributed by atoms with Crippen LogP contribution in [0.5, 0.6) is 5.75 Å². The van der Waals surface area contributed by atoms with Crippen LogP contribution in [0.4, 0.5) is 5.69 Å². The van der Waals surface area contributed by atoms with Crippen molar-refractivity contribution < 1.29 is 4.74 Å². The maximum absolute atomic E-state index is 6.16. The van der Waals surface area contributed by atoms with Crippen molar-refractivity contribution in [2.24, 2.45) is 0 Å². The molecule has 0 saturated heterocycles. The van der Waals surface area contributed by atoms with E-state index in [4.69, 9.17) is 10.5 Å². The van der Waals surface area contributed by atoms with Crippen LogP contribution < -0.4 is 10.5 Å². The fourth-order valence-corrected chi connectivity index (χ4v) is 2.77. The second-order valence-corrected chi connectivity index (χ2v) is 5.54. The molecule has 0 spiro atoms. The number of nitrogens with two attached hydrogens (primary N) is 1. The summed E-state index contributed by atoms with van der Waals surface area (Å²) in [4.78, 5) is 0.